The lowest BCUT2D eigenvalue weighted by molar-refractivity contribution is 0.483. The molecule has 0 amide bonds. The first-order valence-electron chi connectivity index (χ1n) is 3.83. The lowest BCUT2D eigenvalue weighted by Gasteiger charge is -1.95. The third-order valence-corrected chi connectivity index (χ3v) is 2.19. The van der Waals surface area contributed by atoms with Crippen LogP contribution in [0.1, 0.15) is 5.56 Å². The molecule has 0 saturated heterocycles. The fraction of sp³-hybridized carbons (Fsp3) is 0.250. The van der Waals surface area contributed by atoms with Gasteiger partial charge in [-0.05, 0) is 26.1 Å². The van der Waals surface area contributed by atoms with Crippen LogP contribution in [-0.4, -0.2) is 20.0 Å². The van der Waals surface area contributed by atoms with Gasteiger partial charge < -0.3 is 0 Å². The summed E-state index contributed by atoms with van der Waals surface area (Å²) in [6.45, 7) is 1.84. The number of nitrogens with two attached hydrogens (primary N) is 1. The van der Waals surface area contributed by atoms with Gasteiger partial charge >= 0.3 is 0 Å². The van der Waals surface area contributed by atoms with Crippen LogP contribution in [0.5, 0.6) is 0 Å². The van der Waals surface area contributed by atoms with Crippen LogP contribution in [0.15, 0.2) is 29.2 Å². The summed E-state index contributed by atoms with van der Waals surface area (Å²) >= 11 is 0. The Balaban J connectivity index is 0.000000500. The molecule has 4 N–H and O–H groups in total. The second kappa shape index (κ2) is 5.71. The minimum Gasteiger partial charge on any atom is -0.282 e. The van der Waals surface area contributed by atoms with Crippen molar-refractivity contribution in [1.82, 2.24) is 5.43 Å². The SMILES string of the molecule is CNN.Cc1ccc(S(=O)(=O)O)cc1. The van der Waals surface area contributed by atoms with Crippen molar-refractivity contribution in [3.05, 3.63) is 29.8 Å². The van der Waals surface area contributed by atoms with Gasteiger partial charge in [0.1, 0.15) is 0 Å². The van der Waals surface area contributed by atoms with Crippen molar-refractivity contribution >= 4 is 10.1 Å². The van der Waals surface area contributed by atoms with E-state index < -0.39 is 10.1 Å². The Hall–Kier alpha value is -0.950. The predicted molar refractivity (Wildman–Crippen MR) is 54.2 cm³/mol. The van der Waals surface area contributed by atoms with Crippen LogP contribution in [0, 0.1) is 6.92 Å². The summed E-state index contributed by atoms with van der Waals surface area (Å²) in [5, 5.41) is 0. The van der Waals surface area contributed by atoms with Crippen molar-refractivity contribution in [2.75, 3.05) is 7.05 Å². The predicted octanol–water partition coefficient (Wildman–Crippen LogP) is 0.321. The number of nitrogens with one attached hydrogen (secondary N) is 1. The van der Waals surface area contributed by atoms with Crippen LogP contribution in [-0.2, 0) is 10.1 Å². The van der Waals surface area contributed by atoms with E-state index in [-0.39, 0.29) is 4.90 Å². The standard InChI is InChI=1S/C7H8O3S.CH6N2/c1-6-2-4-7(5-3-6)11(8,9)10;1-3-2/h2-5H,1H3,(H,8,9,10);3H,2H2,1H3. The second-order valence-electron chi connectivity index (χ2n) is 2.58. The van der Waals surface area contributed by atoms with Crippen molar-refractivity contribution in [3.8, 4) is 0 Å². The van der Waals surface area contributed by atoms with Crippen LogP contribution >= 0.6 is 0 Å². The molecule has 0 aliphatic rings. The van der Waals surface area contributed by atoms with Crippen LogP contribution < -0.4 is 11.3 Å². The van der Waals surface area contributed by atoms with Gasteiger partial charge in [0, 0.05) is 0 Å². The maximum atomic E-state index is 10.5. The average molecular weight is 218 g/mol. The number of rotatable bonds is 1. The maximum Gasteiger partial charge on any atom is 0.294 e. The minimum absolute atomic E-state index is 0.0666. The van der Waals surface area contributed by atoms with Gasteiger partial charge in [-0.2, -0.15) is 8.42 Å². The molecule has 1 rings (SSSR count). The lowest BCUT2D eigenvalue weighted by Crippen LogP contribution is -2.13. The van der Waals surface area contributed by atoms with Crippen molar-refractivity contribution in [1.29, 1.82) is 0 Å². The summed E-state index contributed by atoms with van der Waals surface area (Å²) in [5.41, 5.74) is 3.21. The van der Waals surface area contributed by atoms with E-state index in [1.165, 1.54) is 12.1 Å². The zero-order valence-electron chi connectivity index (χ0n) is 8.06. The lowest BCUT2D eigenvalue weighted by atomic mass is 10.2. The molecule has 0 radical (unpaired) electrons. The van der Waals surface area contributed by atoms with Gasteiger partial charge in [-0.1, -0.05) is 17.7 Å². The molecule has 0 aliphatic carbocycles. The topological polar surface area (TPSA) is 92.4 Å². The van der Waals surface area contributed by atoms with E-state index >= 15 is 0 Å². The Morgan fingerprint density at radius 2 is 1.64 bits per heavy atom. The molecule has 14 heavy (non-hydrogen) atoms. The molecule has 0 aromatic heterocycles. The Morgan fingerprint density at radius 3 is 1.93 bits per heavy atom. The molecule has 0 aliphatic heterocycles. The zero-order valence-corrected chi connectivity index (χ0v) is 8.88. The molecule has 0 unspecified atom stereocenters. The Morgan fingerprint density at radius 1 is 1.29 bits per heavy atom. The zero-order chi connectivity index (χ0) is 11.2. The molecule has 80 valence electrons. The highest BCUT2D eigenvalue weighted by atomic mass is 32.2. The monoisotopic (exact) mass is 218 g/mol. The van der Waals surface area contributed by atoms with E-state index in [0.29, 0.717) is 0 Å². The van der Waals surface area contributed by atoms with Gasteiger partial charge in [0.2, 0.25) is 0 Å². The summed E-state index contributed by atoms with van der Waals surface area (Å²) < 4.78 is 29.6. The molecule has 0 fully saturated rings. The largest absolute Gasteiger partial charge is 0.294 e. The molecular weight excluding hydrogens is 204 g/mol. The van der Waals surface area contributed by atoms with E-state index in [1.807, 2.05) is 6.92 Å². The normalized spacial score (nSPS) is 10.3. The Kier molecular flexibility index (Phi) is 5.32. The van der Waals surface area contributed by atoms with Gasteiger partial charge in [0.15, 0.2) is 0 Å². The number of hydrogen-bond acceptors (Lipinski definition) is 4. The molecule has 0 atom stereocenters. The van der Waals surface area contributed by atoms with E-state index in [9.17, 15) is 8.42 Å². The smallest absolute Gasteiger partial charge is 0.282 e. The van der Waals surface area contributed by atoms with Gasteiger partial charge in [-0.25, -0.2) is 0 Å². The molecule has 0 bridgehead atoms. The highest BCUT2D eigenvalue weighted by Gasteiger charge is 2.06. The van der Waals surface area contributed by atoms with Gasteiger partial charge in [-0.15, -0.1) is 0 Å². The number of aryl methyl sites for hydroxylation is 1. The van der Waals surface area contributed by atoms with Crippen molar-refractivity contribution in [2.45, 2.75) is 11.8 Å². The van der Waals surface area contributed by atoms with Crippen LogP contribution in [0.3, 0.4) is 0 Å². The molecule has 0 heterocycles. The van der Waals surface area contributed by atoms with Gasteiger partial charge in [-0.3, -0.25) is 15.8 Å². The van der Waals surface area contributed by atoms with Gasteiger partial charge in [0.05, 0.1) is 4.90 Å². The molecular formula is C8H14N2O3S. The van der Waals surface area contributed by atoms with Crippen molar-refractivity contribution < 1.29 is 13.0 Å². The van der Waals surface area contributed by atoms with E-state index in [2.05, 4.69) is 11.3 Å². The third-order valence-electron chi connectivity index (χ3n) is 1.32. The molecule has 0 saturated carbocycles. The first kappa shape index (κ1) is 13.1. The number of benzene rings is 1. The second-order valence-corrected chi connectivity index (χ2v) is 4.00. The quantitative estimate of drug-likeness (QED) is 0.358. The third kappa shape index (κ3) is 4.93. The van der Waals surface area contributed by atoms with Crippen molar-refractivity contribution in [3.63, 3.8) is 0 Å². The molecule has 6 heteroatoms. The summed E-state index contributed by atoms with van der Waals surface area (Å²) in [7, 11) is -2.37. The summed E-state index contributed by atoms with van der Waals surface area (Å²) in [6, 6.07) is 5.99. The fourth-order valence-corrected chi connectivity index (χ4v) is 1.19. The number of hydrazine groups is 1. The first-order chi connectivity index (χ1) is 6.41. The number of hydrogen-bond donors (Lipinski definition) is 3. The Labute approximate surface area is 83.7 Å². The van der Waals surface area contributed by atoms with E-state index in [4.69, 9.17) is 4.55 Å². The van der Waals surface area contributed by atoms with Crippen LogP contribution in [0.2, 0.25) is 0 Å². The molecule has 5 nitrogen and oxygen atoms in total. The highest BCUT2D eigenvalue weighted by molar-refractivity contribution is 7.85. The summed E-state index contributed by atoms with van der Waals surface area (Å²) in [5.74, 6) is 4.60. The van der Waals surface area contributed by atoms with E-state index in [1.54, 1.807) is 19.2 Å². The van der Waals surface area contributed by atoms with Crippen molar-refractivity contribution in [2.24, 2.45) is 5.84 Å². The van der Waals surface area contributed by atoms with Gasteiger partial charge in [0.25, 0.3) is 10.1 Å². The summed E-state index contributed by atoms with van der Waals surface area (Å²) in [4.78, 5) is -0.0666. The molecule has 0 spiro atoms. The first-order valence-corrected chi connectivity index (χ1v) is 5.27. The minimum atomic E-state index is -4.02. The highest BCUT2D eigenvalue weighted by Crippen LogP contribution is 2.08. The average Bonchev–Trinajstić information content (AvgIpc) is 2.04. The summed E-state index contributed by atoms with van der Waals surface area (Å²) in [6.07, 6.45) is 0. The van der Waals surface area contributed by atoms with Crippen LogP contribution in [0.4, 0.5) is 0 Å². The fourth-order valence-electron chi connectivity index (χ4n) is 0.710. The van der Waals surface area contributed by atoms with E-state index in [0.717, 1.165) is 5.56 Å². The maximum absolute atomic E-state index is 10.5. The van der Waals surface area contributed by atoms with Crippen LogP contribution in [0.25, 0.3) is 0 Å². The molecule has 1 aromatic rings. The Bertz CT molecular complexity index is 359. The molecule has 1 aromatic carbocycles.